The van der Waals surface area contributed by atoms with Gasteiger partial charge in [0.15, 0.2) is 0 Å². The van der Waals surface area contributed by atoms with E-state index < -0.39 is 9.73 Å². The van der Waals surface area contributed by atoms with Crippen LogP contribution < -0.4 is 15.1 Å². The van der Waals surface area contributed by atoms with Crippen molar-refractivity contribution >= 4 is 32.4 Å². The average Bonchev–Trinajstić information content (AvgIpc) is 3.44. The van der Waals surface area contributed by atoms with Crippen molar-refractivity contribution in [2.75, 3.05) is 41.7 Å². The van der Waals surface area contributed by atoms with Crippen LogP contribution in [0, 0.1) is 12.8 Å². The maximum absolute atomic E-state index is 14.1. The predicted molar refractivity (Wildman–Crippen MR) is 141 cm³/mol. The zero-order valence-electron chi connectivity index (χ0n) is 20.2. The Hall–Kier alpha value is -2.71. The lowest BCUT2D eigenvalue weighted by molar-refractivity contribution is 0.556. The van der Waals surface area contributed by atoms with E-state index in [0.29, 0.717) is 30.8 Å². The maximum Gasteiger partial charge on any atom is 0.228 e. The molecule has 3 aliphatic heterocycles. The van der Waals surface area contributed by atoms with Gasteiger partial charge >= 0.3 is 0 Å². The molecule has 3 fully saturated rings. The molecule has 0 bridgehead atoms. The van der Waals surface area contributed by atoms with Crippen LogP contribution in [0.3, 0.4) is 0 Å². The molecule has 3 atom stereocenters. The van der Waals surface area contributed by atoms with Crippen molar-refractivity contribution in [2.24, 2.45) is 10.3 Å². The summed E-state index contributed by atoms with van der Waals surface area (Å²) in [6.45, 7) is 6.55. The van der Waals surface area contributed by atoms with Gasteiger partial charge in [-0.15, -0.1) is 0 Å². The topological polar surface area (TPSA) is 73.7 Å². The number of rotatable bonds is 3. The lowest BCUT2D eigenvalue weighted by Gasteiger charge is -2.25. The number of aryl methyl sites for hydroxylation is 1. The van der Waals surface area contributed by atoms with Gasteiger partial charge in [0, 0.05) is 37.6 Å². The molecule has 1 saturated carbocycles. The van der Waals surface area contributed by atoms with E-state index in [1.807, 2.05) is 18.2 Å². The molecule has 4 heterocycles. The molecule has 2 saturated heterocycles. The SMILES string of the molecule is Cc1ccc2nc(N3CCS(=O)(=NC4CC4)c4ccccc4C3)nc(N3CC4CCNC4C3)c2c1. The quantitative estimate of drug-likeness (QED) is 0.605. The smallest absolute Gasteiger partial charge is 0.228 e. The summed E-state index contributed by atoms with van der Waals surface area (Å²) < 4.78 is 18.9. The van der Waals surface area contributed by atoms with Crippen LogP contribution in [-0.4, -0.2) is 58.2 Å². The summed E-state index contributed by atoms with van der Waals surface area (Å²) in [6, 6.07) is 15.4. The van der Waals surface area contributed by atoms with Crippen molar-refractivity contribution in [3.63, 3.8) is 0 Å². The summed E-state index contributed by atoms with van der Waals surface area (Å²) in [5, 5.41) is 4.79. The molecule has 0 amide bonds. The maximum atomic E-state index is 14.1. The van der Waals surface area contributed by atoms with Crippen molar-refractivity contribution in [1.82, 2.24) is 15.3 Å². The first-order chi connectivity index (χ1) is 17.1. The monoisotopic (exact) mass is 488 g/mol. The lowest BCUT2D eigenvalue weighted by Crippen LogP contribution is -2.32. The summed E-state index contributed by atoms with van der Waals surface area (Å²) in [7, 11) is -2.44. The molecular formula is C27H32N6OS. The highest BCUT2D eigenvalue weighted by Crippen LogP contribution is 2.36. The average molecular weight is 489 g/mol. The van der Waals surface area contributed by atoms with Crippen molar-refractivity contribution in [2.45, 2.75) is 49.7 Å². The fraction of sp³-hybridized carbons (Fsp3) is 0.481. The van der Waals surface area contributed by atoms with Crippen LogP contribution in [0.2, 0.25) is 0 Å². The van der Waals surface area contributed by atoms with Crippen LogP contribution in [-0.2, 0) is 16.3 Å². The molecule has 0 spiro atoms. The molecule has 0 radical (unpaired) electrons. The standard InChI is InChI=1S/C27H32N6OS/c1-18-6-9-23-22(14-18)26(33-15-19-10-11-28-24(19)17-33)30-27(29-23)32-12-13-35(34,31-21-7-8-21)25-5-3-2-4-20(25)16-32/h2-6,9,14,19,21,24,28H,7-8,10-13,15-17H2,1H3. The number of nitrogens with one attached hydrogen (secondary N) is 1. The highest BCUT2D eigenvalue weighted by Gasteiger charge is 2.37. The first-order valence-corrected chi connectivity index (χ1v) is 14.6. The van der Waals surface area contributed by atoms with E-state index in [2.05, 4.69) is 46.3 Å². The minimum atomic E-state index is -2.44. The first kappa shape index (κ1) is 21.6. The van der Waals surface area contributed by atoms with Crippen molar-refractivity contribution in [1.29, 1.82) is 0 Å². The Balaban J connectivity index is 1.31. The molecule has 3 unspecified atom stereocenters. The molecule has 1 N–H and O–H groups in total. The molecule has 4 aliphatic rings. The van der Waals surface area contributed by atoms with Crippen LogP contribution in [0.5, 0.6) is 0 Å². The third kappa shape index (κ3) is 3.87. The molecule has 35 heavy (non-hydrogen) atoms. The molecule has 2 aromatic carbocycles. The third-order valence-electron chi connectivity index (χ3n) is 7.95. The second-order valence-electron chi connectivity index (χ2n) is 10.6. The number of fused-ring (bicyclic) bond motifs is 3. The molecule has 1 aromatic heterocycles. The summed E-state index contributed by atoms with van der Waals surface area (Å²) >= 11 is 0. The molecule has 7 rings (SSSR count). The van der Waals surface area contributed by atoms with Crippen molar-refractivity contribution in [3.05, 3.63) is 53.6 Å². The highest BCUT2D eigenvalue weighted by atomic mass is 32.2. The molecule has 3 aromatic rings. The van der Waals surface area contributed by atoms with Gasteiger partial charge in [-0.05, 0) is 62.4 Å². The van der Waals surface area contributed by atoms with E-state index in [4.69, 9.17) is 14.3 Å². The van der Waals surface area contributed by atoms with E-state index in [1.165, 1.54) is 12.0 Å². The molecule has 7 nitrogen and oxygen atoms in total. The Bertz CT molecular complexity index is 1410. The summed E-state index contributed by atoms with van der Waals surface area (Å²) in [5.74, 6) is 2.97. The number of nitrogens with zero attached hydrogens (tertiary/aromatic N) is 5. The van der Waals surface area contributed by atoms with Crippen LogP contribution >= 0.6 is 0 Å². The van der Waals surface area contributed by atoms with Crippen molar-refractivity contribution < 1.29 is 4.21 Å². The normalized spacial score (nSPS) is 28.1. The van der Waals surface area contributed by atoms with E-state index in [9.17, 15) is 4.21 Å². The van der Waals surface area contributed by atoms with Gasteiger partial charge in [-0.3, -0.25) is 0 Å². The Kier molecular flexibility index (Phi) is 5.03. The zero-order chi connectivity index (χ0) is 23.6. The van der Waals surface area contributed by atoms with Gasteiger partial charge < -0.3 is 15.1 Å². The predicted octanol–water partition coefficient (Wildman–Crippen LogP) is 3.75. The number of aromatic nitrogens is 2. The summed E-state index contributed by atoms with van der Waals surface area (Å²) in [5.41, 5.74) is 3.27. The second-order valence-corrected chi connectivity index (χ2v) is 12.9. The van der Waals surface area contributed by atoms with Gasteiger partial charge in [-0.2, -0.15) is 4.98 Å². The Morgan fingerprint density at radius 3 is 2.80 bits per heavy atom. The molecule has 1 aliphatic carbocycles. The summed E-state index contributed by atoms with van der Waals surface area (Å²) in [4.78, 5) is 15.8. The van der Waals surface area contributed by atoms with Gasteiger partial charge in [0.05, 0.1) is 31.9 Å². The molecule has 8 heteroatoms. The highest BCUT2D eigenvalue weighted by molar-refractivity contribution is 7.93. The Morgan fingerprint density at radius 2 is 1.94 bits per heavy atom. The minimum Gasteiger partial charge on any atom is -0.354 e. The molecule has 182 valence electrons. The number of benzene rings is 2. The molecular weight excluding hydrogens is 456 g/mol. The second kappa shape index (κ2) is 8.17. The minimum absolute atomic E-state index is 0.261. The van der Waals surface area contributed by atoms with Gasteiger partial charge in [0.2, 0.25) is 5.95 Å². The van der Waals surface area contributed by atoms with Crippen LogP contribution in [0.25, 0.3) is 10.9 Å². The van der Waals surface area contributed by atoms with Gasteiger partial charge in [-0.25, -0.2) is 13.6 Å². The number of hydrogen-bond acceptors (Lipinski definition) is 7. The lowest BCUT2D eigenvalue weighted by atomic mass is 10.1. The number of hydrogen-bond donors (Lipinski definition) is 1. The number of anilines is 2. The fourth-order valence-electron chi connectivity index (χ4n) is 5.89. The fourth-order valence-corrected chi connectivity index (χ4v) is 8.33. The van der Waals surface area contributed by atoms with E-state index in [-0.39, 0.29) is 6.04 Å². The Labute approximate surface area is 207 Å². The largest absolute Gasteiger partial charge is 0.354 e. The van der Waals surface area contributed by atoms with Gasteiger partial charge in [0.25, 0.3) is 0 Å². The third-order valence-corrected chi connectivity index (χ3v) is 10.4. The van der Waals surface area contributed by atoms with Gasteiger partial charge in [-0.1, -0.05) is 29.8 Å². The van der Waals surface area contributed by atoms with Gasteiger partial charge in [0.1, 0.15) is 5.82 Å². The first-order valence-electron chi connectivity index (χ1n) is 12.9. The van der Waals surface area contributed by atoms with E-state index in [1.54, 1.807) is 0 Å². The zero-order valence-corrected chi connectivity index (χ0v) is 21.0. The van der Waals surface area contributed by atoms with Crippen LogP contribution in [0.1, 0.15) is 30.4 Å². The van der Waals surface area contributed by atoms with Crippen LogP contribution in [0.15, 0.2) is 51.7 Å². The summed E-state index contributed by atoms with van der Waals surface area (Å²) in [6.07, 6.45) is 3.36. The Morgan fingerprint density at radius 1 is 1.06 bits per heavy atom. The van der Waals surface area contributed by atoms with Crippen molar-refractivity contribution in [3.8, 4) is 0 Å². The van der Waals surface area contributed by atoms with E-state index >= 15 is 0 Å². The van der Waals surface area contributed by atoms with Crippen LogP contribution in [0.4, 0.5) is 11.8 Å². The van der Waals surface area contributed by atoms with E-state index in [0.717, 1.165) is 65.6 Å².